The first-order chi connectivity index (χ1) is 10.9. The Labute approximate surface area is 134 Å². The highest BCUT2D eigenvalue weighted by molar-refractivity contribution is 7.18. The van der Waals surface area contributed by atoms with Crippen molar-refractivity contribution < 1.29 is 13.6 Å². The molecule has 0 aliphatic carbocycles. The number of aryl methyl sites for hydroxylation is 1. The summed E-state index contributed by atoms with van der Waals surface area (Å²) in [5.41, 5.74) is -0.404. The van der Waals surface area contributed by atoms with Gasteiger partial charge in [0, 0.05) is 21.8 Å². The molecule has 23 heavy (non-hydrogen) atoms. The third-order valence-electron chi connectivity index (χ3n) is 3.30. The van der Waals surface area contributed by atoms with Crippen LogP contribution in [0.3, 0.4) is 0 Å². The smallest absolute Gasteiger partial charge is 0.259 e. The van der Waals surface area contributed by atoms with Gasteiger partial charge < -0.3 is 9.88 Å². The molecule has 1 amide bonds. The maximum Gasteiger partial charge on any atom is 0.259 e. The fraction of sp³-hybridized carbons (Fsp3) is 0.125. The van der Waals surface area contributed by atoms with Gasteiger partial charge >= 0.3 is 0 Å². The number of thiophene rings is 1. The number of hydrogen-bond donors (Lipinski definition) is 1. The lowest BCUT2D eigenvalue weighted by Crippen LogP contribution is -2.27. The third-order valence-corrected chi connectivity index (χ3v) is 4.32. The van der Waals surface area contributed by atoms with Crippen LogP contribution in [0.1, 0.15) is 4.88 Å². The van der Waals surface area contributed by atoms with Crippen LogP contribution < -0.4 is 10.9 Å². The molecule has 0 fully saturated rings. The standard InChI is InChI=1S/C16H12F2N2O2S/c1-9-6-11-14(23-9)4-5-20(16(11)22)8-15(21)19-13-3-2-10(17)7-12(13)18/h2-7H,8H2,1H3,(H,19,21). The normalized spacial score (nSPS) is 10.9. The topological polar surface area (TPSA) is 51.1 Å². The lowest BCUT2D eigenvalue weighted by molar-refractivity contribution is -0.116. The summed E-state index contributed by atoms with van der Waals surface area (Å²) in [6.07, 6.45) is 1.53. The maximum atomic E-state index is 13.5. The zero-order chi connectivity index (χ0) is 16.6. The van der Waals surface area contributed by atoms with Gasteiger partial charge in [0.1, 0.15) is 18.2 Å². The molecule has 0 spiro atoms. The Bertz CT molecular complexity index is 962. The number of fused-ring (bicyclic) bond motifs is 1. The average Bonchev–Trinajstić information content (AvgIpc) is 2.87. The molecule has 4 nitrogen and oxygen atoms in total. The van der Waals surface area contributed by atoms with Gasteiger partial charge in [-0.2, -0.15) is 0 Å². The lowest BCUT2D eigenvalue weighted by Gasteiger charge is -2.08. The van der Waals surface area contributed by atoms with Crippen LogP contribution >= 0.6 is 11.3 Å². The van der Waals surface area contributed by atoms with E-state index >= 15 is 0 Å². The van der Waals surface area contributed by atoms with Crippen LogP contribution in [0.5, 0.6) is 0 Å². The fourth-order valence-corrected chi connectivity index (χ4v) is 3.17. The van der Waals surface area contributed by atoms with Crippen molar-refractivity contribution >= 4 is 33.0 Å². The first-order valence-corrected chi connectivity index (χ1v) is 7.60. The highest BCUT2D eigenvalue weighted by Gasteiger charge is 2.11. The van der Waals surface area contributed by atoms with E-state index in [-0.39, 0.29) is 17.8 Å². The second-order valence-electron chi connectivity index (χ2n) is 5.06. The van der Waals surface area contributed by atoms with E-state index < -0.39 is 17.5 Å². The Morgan fingerprint density at radius 3 is 2.78 bits per heavy atom. The number of nitrogens with zero attached hydrogens (tertiary/aromatic N) is 1. The van der Waals surface area contributed by atoms with Crippen molar-refractivity contribution in [3.8, 4) is 0 Å². The number of pyridine rings is 1. The Morgan fingerprint density at radius 2 is 2.04 bits per heavy atom. The molecule has 0 aliphatic heterocycles. The molecule has 3 rings (SSSR count). The highest BCUT2D eigenvalue weighted by atomic mass is 32.1. The minimum absolute atomic E-state index is 0.128. The number of anilines is 1. The number of rotatable bonds is 3. The summed E-state index contributed by atoms with van der Waals surface area (Å²) >= 11 is 1.50. The van der Waals surface area contributed by atoms with Crippen molar-refractivity contribution in [2.24, 2.45) is 0 Å². The van der Waals surface area contributed by atoms with Crippen LogP contribution in [-0.2, 0) is 11.3 Å². The summed E-state index contributed by atoms with van der Waals surface area (Å²) in [6, 6.07) is 6.40. The molecule has 0 unspecified atom stereocenters. The van der Waals surface area contributed by atoms with E-state index in [9.17, 15) is 18.4 Å². The largest absolute Gasteiger partial charge is 0.322 e. The molecule has 0 aliphatic rings. The summed E-state index contributed by atoms with van der Waals surface area (Å²) < 4.78 is 28.5. The minimum Gasteiger partial charge on any atom is -0.322 e. The predicted molar refractivity (Wildman–Crippen MR) is 85.8 cm³/mol. The highest BCUT2D eigenvalue weighted by Crippen LogP contribution is 2.21. The zero-order valence-corrected chi connectivity index (χ0v) is 12.9. The quantitative estimate of drug-likeness (QED) is 0.799. The second-order valence-corrected chi connectivity index (χ2v) is 6.34. The fourth-order valence-electron chi connectivity index (χ4n) is 2.26. The molecule has 2 aromatic heterocycles. The number of carbonyl (C=O) groups is 1. The summed E-state index contributed by atoms with van der Waals surface area (Å²) in [5, 5.41) is 2.88. The first kappa shape index (κ1) is 15.4. The number of amides is 1. The molecule has 118 valence electrons. The van der Waals surface area contributed by atoms with Crippen molar-refractivity contribution in [1.29, 1.82) is 0 Å². The molecule has 0 bridgehead atoms. The molecule has 2 heterocycles. The van der Waals surface area contributed by atoms with Gasteiger partial charge in [0.15, 0.2) is 0 Å². The number of nitrogens with one attached hydrogen (secondary N) is 1. The lowest BCUT2D eigenvalue weighted by atomic mass is 10.3. The Morgan fingerprint density at radius 1 is 1.26 bits per heavy atom. The third kappa shape index (κ3) is 3.14. The molecule has 0 radical (unpaired) electrons. The van der Waals surface area contributed by atoms with Gasteiger partial charge in [-0.25, -0.2) is 8.78 Å². The second kappa shape index (κ2) is 5.92. The average molecular weight is 334 g/mol. The van der Waals surface area contributed by atoms with Crippen LogP contribution in [-0.4, -0.2) is 10.5 Å². The summed E-state index contributed by atoms with van der Waals surface area (Å²) in [4.78, 5) is 25.3. The first-order valence-electron chi connectivity index (χ1n) is 6.78. The SMILES string of the molecule is Cc1cc2c(=O)n(CC(=O)Nc3ccc(F)cc3F)ccc2s1. The molecule has 7 heteroatoms. The van der Waals surface area contributed by atoms with Gasteiger partial charge in [-0.15, -0.1) is 11.3 Å². The van der Waals surface area contributed by atoms with E-state index in [2.05, 4.69) is 5.32 Å². The molecular formula is C16H12F2N2O2S. The van der Waals surface area contributed by atoms with Gasteiger partial charge in [0.05, 0.1) is 11.1 Å². The molecule has 1 aromatic carbocycles. The van der Waals surface area contributed by atoms with Crippen LogP contribution in [0.25, 0.3) is 10.1 Å². The number of halogens is 2. The molecule has 0 saturated heterocycles. The monoisotopic (exact) mass is 334 g/mol. The van der Waals surface area contributed by atoms with Gasteiger partial charge in [-0.05, 0) is 31.2 Å². The van der Waals surface area contributed by atoms with Crippen LogP contribution in [0.2, 0.25) is 0 Å². The molecule has 3 aromatic rings. The molecule has 1 N–H and O–H groups in total. The van der Waals surface area contributed by atoms with E-state index in [0.29, 0.717) is 11.5 Å². The Balaban J connectivity index is 1.82. The van der Waals surface area contributed by atoms with E-state index in [0.717, 1.165) is 21.7 Å². The van der Waals surface area contributed by atoms with Crippen LogP contribution in [0.4, 0.5) is 14.5 Å². The van der Waals surface area contributed by atoms with Crippen molar-refractivity contribution in [3.05, 3.63) is 63.4 Å². The van der Waals surface area contributed by atoms with E-state index in [1.54, 1.807) is 12.1 Å². The number of carbonyl (C=O) groups excluding carboxylic acids is 1. The van der Waals surface area contributed by atoms with Gasteiger partial charge in [0.25, 0.3) is 5.56 Å². The molecular weight excluding hydrogens is 322 g/mol. The van der Waals surface area contributed by atoms with Gasteiger partial charge in [0.2, 0.25) is 5.91 Å². The predicted octanol–water partition coefficient (Wildman–Crippen LogP) is 3.29. The summed E-state index contributed by atoms with van der Waals surface area (Å²) in [7, 11) is 0. The maximum absolute atomic E-state index is 13.5. The summed E-state index contributed by atoms with van der Waals surface area (Å²) in [6.45, 7) is 1.65. The summed E-state index contributed by atoms with van der Waals surface area (Å²) in [5.74, 6) is -2.16. The van der Waals surface area contributed by atoms with E-state index in [1.807, 2.05) is 6.92 Å². The molecule has 0 saturated carbocycles. The zero-order valence-electron chi connectivity index (χ0n) is 12.1. The van der Waals surface area contributed by atoms with Crippen molar-refractivity contribution in [1.82, 2.24) is 4.57 Å². The van der Waals surface area contributed by atoms with Gasteiger partial charge in [-0.1, -0.05) is 0 Å². The van der Waals surface area contributed by atoms with Crippen molar-refractivity contribution in [3.63, 3.8) is 0 Å². The van der Waals surface area contributed by atoms with E-state index in [1.165, 1.54) is 22.1 Å². The Hall–Kier alpha value is -2.54. The number of hydrogen-bond acceptors (Lipinski definition) is 3. The van der Waals surface area contributed by atoms with Crippen LogP contribution in [0.15, 0.2) is 41.3 Å². The van der Waals surface area contributed by atoms with Crippen LogP contribution in [0, 0.1) is 18.6 Å². The number of aromatic nitrogens is 1. The number of benzene rings is 1. The van der Waals surface area contributed by atoms with Crippen molar-refractivity contribution in [2.45, 2.75) is 13.5 Å². The van der Waals surface area contributed by atoms with Crippen molar-refractivity contribution in [2.75, 3.05) is 5.32 Å². The van der Waals surface area contributed by atoms with E-state index in [4.69, 9.17) is 0 Å². The minimum atomic E-state index is -0.866. The molecule has 0 atom stereocenters. The van der Waals surface area contributed by atoms with Gasteiger partial charge in [-0.3, -0.25) is 9.59 Å². The Kier molecular flexibility index (Phi) is 3.96.